The molecular weight excluding hydrogens is 326 g/mol. The van der Waals surface area contributed by atoms with Gasteiger partial charge in [0.1, 0.15) is 11.6 Å². The molecule has 136 valence electrons. The standard InChI is InChI=1S/C22H25NO3/c24-21-20(13-16-26-21)23-14-11-19(12-15-23)22(25,17-7-3-1-4-8-17)18-9-5-2-6-10-18/h1-10,19-20,25H,11-16H2. The molecule has 2 saturated heterocycles. The number of carbonyl (C=O) groups is 1. The first kappa shape index (κ1) is 17.3. The fraction of sp³-hybridized carbons (Fsp3) is 0.409. The lowest BCUT2D eigenvalue weighted by atomic mass is 9.72. The fourth-order valence-electron chi connectivity index (χ4n) is 4.47. The minimum atomic E-state index is -1.01. The van der Waals surface area contributed by atoms with E-state index in [-0.39, 0.29) is 17.9 Å². The van der Waals surface area contributed by atoms with Crippen LogP contribution in [0.15, 0.2) is 60.7 Å². The average Bonchev–Trinajstić information content (AvgIpc) is 3.15. The van der Waals surface area contributed by atoms with Crippen LogP contribution in [0.1, 0.15) is 30.4 Å². The molecule has 0 amide bonds. The summed E-state index contributed by atoms with van der Waals surface area (Å²) in [7, 11) is 0. The molecule has 2 aromatic rings. The van der Waals surface area contributed by atoms with E-state index in [0.29, 0.717) is 6.61 Å². The largest absolute Gasteiger partial charge is 0.464 e. The van der Waals surface area contributed by atoms with Crippen LogP contribution in [0.4, 0.5) is 0 Å². The van der Waals surface area contributed by atoms with Gasteiger partial charge in [-0.05, 0) is 43.0 Å². The molecule has 2 heterocycles. The minimum absolute atomic E-state index is 0.0927. The van der Waals surface area contributed by atoms with Gasteiger partial charge in [0.2, 0.25) is 0 Å². The van der Waals surface area contributed by atoms with E-state index in [1.165, 1.54) is 0 Å². The third kappa shape index (κ3) is 3.04. The van der Waals surface area contributed by atoms with Crippen LogP contribution in [0.25, 0.3) is 0 Å². The highest BCUT2D eigenvalue weighted by Gasteiger charge is 2.43. The number of ether oxygens (including phenoxy) is 1. The molecule has 2 aromatic carbocycles. The SMILES string of the molecule is O=C1OCCC1N1CCC(C(O)(c2ccccc2)c2ccccc2)CC1. The van der Waals surface area contributed by atoms with Crippen LogP contribution in [0.2, 0.25) is 0 Å². The number of hydrogen-bond donors (Lipinski definition) is 1. The van der Waals surface area contributed by atoms with Crippen molar-refractivity contribution in [1.29, 1.82) is 0 Å². The zero-order chi connectivity index (χ0) is 18.0. The van der Waals surface area contributed by atoms with Gasteiger partial charge in [0.25, 0.3) is 0 Å². The highest BCUT2D eigenvalue weighted by Crippen LogP contribution is 2.42. The molecular formula is C22H25NO3. The lowest BCUT2D eigenvalue weighted by Crippen LogP contribution is -2.48. The molecule has 1 N–H and O–H groups in total. The number of cyclic esters (lactones) is 1. The molecule has 2 aliphatic rings. The van der Waals surface area contributed by atoms with Crippen LogP contribution in [0.5, 0.6) is 0 Å². The van der Waals surface area contributed by atoms with Crippen LogP contribution >= 0.6 is 0 Å². The highest BCUT2D eigenvalue weighted by molar-refractivity contribution is 5.77. The number of esters is 1. The third-order valence-electron chi connectivity index (χ3n) is 5.90. The van der Waals surface area contributed by atoms with Crippen LogP contribution in [-0.4, -0.2) is 41.7 Å². The van der Waals surface area contributed by atoms with Gasteiger partial charge in [0.05, 0.1) is 6.61 Å². The predicted molar refractivity (Wildman–Crippen MR) is 99.5 cm³/mol. The van der Waals surface area contributed by atoms with Crippen LogP contribution < -0.4 is 0 Å². The van der Waals surface area contributed by atoms with Gasteiger partial charge in [-0.3, -0.25) is 9.69 Å². The highest BCUT2D eigenvalue weighted by atomic mass is 16.5. The zero-order valence-electron chi connectivity index (χ0n) is 14.9. The molecule has 26 heavy (non-hydrogen) atoms. The lowest BCUT2D eigenvalue weighted by molar-refractivity contribution is -0.143. The number of piperidine rings is 1. The van der Waals surface area contributed by atoms with Crippen molar-refractivity contribution in [1.82, 2.24) is 4.90 Å². The first-order chi connectivity index (χ1) is 12.7. The smallest absolute Gasteiger partial charge is 0.323 e. The van der Waals surface area contributed by atoms with Crippen LogP contribution in [0, 0.1) is 5.92 Å². The van der Waals surface area contributed by atoms with Crippen molar-refractivity contribution >= 4 is 5.97 Å². The lowest BCUT2D eigenvalue weighted by Gasteiger charge is -2.43. The van der Waals surface area contributed by atoms with Gasteiger partial charge in [-0.2, -0.15) is 0 Å². The quantitative estimate of drug-likeness (QED) is 0.861. The normalized spacial score (nSPS) is 22.3. The monoisotopic (exact) mass is 351 g/mol. The van der Waals surface area contributed by atoms with Crippen molar-refractivity contribution < 1.29 is 14.6 Å². The van der Waals surface area contributed by atoms with E-state index in [2.05, 4.69) is 4.90 Å². The Labute approximate surface area is 154 Å². The van der Waals surface area contributed by atoms with E-state index in [1.54, 1.807) is 0 Å². The molecule has 0 saturated carbocycles. The summed E-state index contributed by atoms with van der Waals surface area (Å²) in [5.74, 6) is 0.0193. The van der Waals surface area contributed by atoms with E-state index in [9.17, 15) is 9.90 Å². The van der Waals surface area contributed by atoms with E-state index in [1.807, 2.05) is 60.7 Å². The third-order valence-corrected chi connectivity index (χ3v) is 5.90. The number of benzene rings is 2. The molecule has 1 atom stereocenters. The number of likely N-dealkylation sites (tertiary alicyclic amines) is 1. The second kappa shape index (κ2) is 7.22. The molecule has 1 unspecified atom stereocenters. The van der Waals surface area contributed by atoms with Gasteiger partial charge in [0.15, 0.2) is 0 Å². The maximum atomic E-state index is 11.9. The van der Waals surface area contributed by atoms with Crippen molar-refractivity contribution in [3.8, 4) is 0 Å². The first-order valence-corrected chi connectivity index (χ1v) is 9.43. The Hall–Kier alpha value is -2.17. The first-order valence-electron chi connectivity index (χ1n) is 9.43. The minimum Gasteiger partial charge on any atom is -0.464 e. The zero-order valence-corrected chi connectivity index (χ0v) is 14.9. The van der Waals surface area contributed by atoms with Gasteiger partial charge in [-0.15, -0.1) is 0 Å². The molecule has 2 aliphatic heterocycles. The Morgan fingerprint density at radius 1 is 0.885 bits per heavy atom. The summed E-state index contributed by atoms with van der Waals surface area (Å²) in [6, 6.07) is 19.8. The Morgan fingerprint density at radius 2 is 1.42 bits per heavy atom. The van der Waals surface area contributed by atoms with Gasteiger partial charge in [-0.1, -0.05) is 60.7 Å². The Kier molecular flexibility index (Phi) is 4.79. The molecule has 0 aromatic heterocycles. The molecule has 4 nitrogen and oxygen atoms in total. The van der Waals surface area contributed by atoms with E-state index >= 15 is 0 Å². The molecule has 4 heteroatoms. The number of aliphatic hydroxyl groups is 1. The topological polar surface area (TPSA) is 49.8 Å². The Morgan fingerprint density at radius 3 is 1.88 bits per heavy atom. The molecule has 0 bridgehead atoms. The number of nitrogens with zero attached hydrogens (tertiary/aromatic N) is 1. The van der Waals surface area contributed by atoms with Crippen LogP contribution in [-0.2, 0) is 15.1 Å². The van der Waals surface area contributed by atoms with Crippen molar-refractivity contribution in [3.05, 3.63) is 71.8 Å². The van der Waals surface area contributed by atoms with Crippen molar-refractivity contribution in [3.63, 3.8) is 0 Å². The number of rotatable bonds is 4. The molecule has 0 aliphatic carbocycles. The number of hydrogen-bond acceptors (Lipinski definition) is 4. The van der Waals surface area contributed by atoms with Crippen LogP contribution in [0.3, 0.4) is 0 Å². The fourth-order valence-corrected chi connectivity index (χ4v) is 4.47. The van der Waals surface area contributed by atoms with Gasteiger partial charge in [-0.25, -0.2) is 0 Å². The average molecular weight is 351 g/mol. The summed E-state index contributed by atoms with van der Waals surface area (Å²) in [6.07, 6.45) is 2.49. The molecule has 2 fully saturated rings. The summed E-state index contributed by atoms with van der Waals surface area (Å²) in [5, 5.41) is 11.9. The van der Waals surface area contributed by atoms with E-state index in [4.69, 9.17) is 4.74 Å². The second-order valence-corrected chi connectivity index (χ2v) is 7.28. The van der Waals surface area contributed by atoms with Crippen molar-refractivity contribution in [2.75, 3.05) is 19.7 Å². The van der Waals surface area contributed by atoms with E-state index in [0.717, 1.165) is 43.5 Å². The van der Waals surface area contributed by atoms with Gasteiger partial charge in [0, 0.05) is 6.42 Å². The van der Waals surface area contributed by atoms with Gasteiger partial charge < -0.3 is 9.84 Å². The maximum absolute atomic E-state index is 11.9. The summed E-state index contributed by atoms with van der Waals surface area (Å²) >= 11 is 0. The summed E-state index contributed by atoms with van der Waals surface area (Å²) in [4.78, 5) is 14.1. The van der Waals surface area contributed by atoms with Gasteiger partial charge >= 0.3 is 5.97 Å². The predicted octanol–water partition coefficient (Wildman–Crippen LogP) is 2.95. The Bertz CT molecular complexity index is 699. The van der Waals surface area contributed by atoms with Crippen molar-refractivity contribution in [2.45, 2.75) is 30.9 Å². The number of carbonyl (C=O) groups excluding carboxylic acids is 1. The second-order valence-electron chi connectivity index (χ2n) is 7.28. The summed E-state index contributed by atoms with van der Waals surface area (Å²) < 4.78 is 5.12. The summed E-state index contributed by atoms with van der Waals surface area (Å²) in [6.45, 7) is 2.15. The molecule has 0 spiro atoms. The summed E-state index contributed by atoms with van der Waals surface area (Å²) in [5.41, 5.74) is 0.861. The van der Waals surface area contributed by atoms with Crippen molar-refractivity contribution in [2.24, 2.45) is 5.92 Å². The maximum Gasteiger partial charge on any atom is 0.323 e. The molecule has 0 radical (unpaired) electrons. The molecule has 4 rings (SSSR count). The Balaban J connectivity index is 1.59. The van der Waals surface area contributed by atoms with E-state index < -0.39 is 5.60 Å².